The summed E-state index contributed by atoms with van der Waals surface area (Å²) in [5, 5.41) is 12.8. The lowest BCUT2D eigenvalue weighted by Crippen LogP contribution is -2.02. The van der Waals surface area contributed by atoms with Crippen LogP contribution in [-0.2, 0) is 6.54 Å². The Kier molecular flexibility index (Phi) is 4.09. The molecule has 96 valence electrons. The fraction of sp³-hybridized carbons (Fsp3) is 0.188. The Hall–Kier alpha value is -1.98. The smallest absolute Gasteiger partial charge is 0.0992 e. The standard InChI is InChI=1S/C16H15ClN2/c1-11-3-4-12(2)16(7-11)19-10-14-6-5-13(9-18)8-15(14)17/h3-8,19H,10H2,1-2H3. The molecule has 2 rings (SSSR count). The third kappa shape index (κ3) is 3.27. The van der Waals surface area contributed by atoms with Crippen molar-refractivity contribution in [2.75, 3.05) is 5.32 Å². The molecule has 0 spiro atoms. The summed E-state index contributed by atoms with van der Waals surface area (Å²) in [6.07, 6.45) is 0. The van der Waals surface area contributed by atoms with Crippen LogP contribution in [0.2, 0.25) is 5.02 Å². The van der Waals surface area contributed by atoms with Crippen LogP contribution >= 0.6 is 11.6 Å². The fourth-order valence-corrected chi connectivity index (χ4v) is 2.12. The minimum Gasteiger partial charge on any atom is -0.381 e. The van der Waals surface area contributed by atoms with Gasteiger partial charge < -0.3 is 5.32 Å². The largest absolute Gasteiger partial charge is 0.381 e. The first-order valence-electron chi connectivity index (χ1n) is 6.10. The molecule has 19 heavy (non-hydrogen) atoms. The van der Waals surface area contributed by atoms with Gasteiger partial charge in [0, 0.05) is 17.3 Å². The highest BCUT2D eigenvalue weighted by molar-refractivity contribution is 6.31. The topological polar surface area (TPSA) is 35.8 Å². The van der Waals surface area contributed by atoms with E-state index in [1.165, 1.54) is 11.1 Å². The zero-order chi connectivity index (χ0) is 13.8. The van der Waals surface area contributed by atoms with Crippen LogP contribution in [0, 0.1) is 25.2 Å². The lowest BCUT2D eigenvalue weighted by Gasteiger charge is -2.11. The molecule has 0 saturated carbocycles. The molecule has 0 aliphatic rings. The molecular weight excluding hydrogens is 256 g/mol. The molecule has 3 heteroatoms. The molecule has 0 aliphatic heterocycles. The van der Waals surface area contributed by atoms with Crippen molar-refractivity contribution < 1.29 is 0 Å². The Bertz CT molecular complexity index is 642. The second kappa shape index (κ2) is 5.77. The van der Waals surface area contributed by atoms with E-state index in [-0.39, 0.29) is 0 Å². The van der Waals surface area contributed by atoms with Gasteiger partial charge in [0.1, 0.15) is 0 Å². The van der Waals surface area contributed by atoms with Gasteiger partial charge in [-0.3, -0.25) is 0 Å². The Morgan fingerprint density at radius 3 is 2.63 bits per heavy atom. The quantitative estimate of drug-likeness (QED) is 0.895. The molecule has 0 saturated heterocycles. The van der Waals surface area contributed by atoms with Crippen LogP contribution in [0.1, 0.15) is 22.3 Å². The molecule has 0 heterocycles. The van der Waals surface area contributed by atoms with Crippen LogP contribution in [0.25, 0.3) is 0 Å². The van der Waals surface area contributed by atoms with E-state index in [9.17, 15) is 0 Å². The van der Waals surface area contributed by atoms with E-state index in [1.54, 1.807) is 12.1 Å². The van der Waals surface area contributed by atoms with Gasteiger partial charge in [-0.1, -0.05) is 29.8 Å². The summed E-state index contributed by atoms with van der Waals surface area (Å²) < 4.78 is 0. The molecule has 2 aromatic rings. The van der Waals surface area contributed by atoms with E-state index in [1.807, 2.05) is 6.07 Å². The number of nitrogens with zero attached hydrogens (tertiary/aromatic N) is 1. The highest BCUT2D eigenvalue weighted by Crippen LogP contribution is 2.21. The van der Waals surface area contributed by atoms with E-state index < -0.39 is 0 Å². The summed E-state index contributed by atoms with van der Waals surface area (Å²) in [5.74, 6) is 0. The maximum atomic E-state index is 8.80. The summed E-state index contributed by atoms with van der Waals surface area (Å²) in [6.45, 7) is 4.79. The first-order valence-corrected chi connectivity index (χ1v) is 6.47. The van der Waals surface area contributed by atoms with Crippen LogP contribution in [0.5, 0.6) is 0 Å². The molecule has 0 aromatic heterocycles. The summed E-state index contributed by atoms with van der Waals surface area (Å²) in [7, 11) is 0. The van der Waals surface area contributed by atoms with Crippen LogP contribution in [0.3, 0.4) is 0 Å². The first-order chi connectivity index (χ1) is 9.10. The lowest BCUT2D eigenvalue weighted by molar-refractivity contribution is 1.14. The summed E-state index contributed by atoms with van der Waals surface area (Å²) in [6, 6.07) is 13.8. The van der Waals surface area contributed by atoms with Crippen molar-refractivity contribution in [3.63, 3.8) is 0 Å². The second-order valence-electron chi connectivity index (χ2n) is 4.59. The third-order valence-electron chi connectivity index (χ3n) is 3.04. The average molecular weight is 271 g/mol. The van der Waals surface area contributed by atoms with Gasteiger partial charge in [-0.25, -0.2) is 0 Å². The van der Waals surface area contributed by atoms with Crippen molar-refractivity contribution in [3.05, 3.63) is 63.7 Å². The minimum atomic E-state index is 0.584. The van der Waals surface area contributed by atoms with E-state index in [2.05, 4.69) is 43.4 Å². The van der Waals surface area contributed by atoms with E-state index >= 15 is 0 Å². The van der Waals surface area contributed by atoms with Gasteiger partial charge in [-0.2, -0.15) is 5.26 Å². The molecule has 2 nitrogen and oxygen atoms in total. The summed E-state index contributed by atoms with van der Waals surface area (Å²) in [4.78, 5) is 0. The summed E-state index contributed by atoms with van der Waals surface area (Å²) in [5.41, 5.74) is 5.11. The monoisotopic (exact) mass is 270 g/mol. The molecule has 0 unspecified atom stereocenters. The van der Waals surface area contributed by atoms with E-state index in [0.29, 0.717) is 17.1 Å². The Labute approximate surface area is 118 Å². The number of benzene rings is 2. The van der Waals surface area contributed by atoms with Crippen molar-refractivity contribution >= 4 is 17.3 Å². The number of aryl methyl sites for hydroxylation is 2. The molecule has 0 fully saturated rings. The SMILES string of the molecule is Cc1ccc(C)c(NCc2ccc(C#N)cc2Cl)c1. The fourth-order valence-electron chi connectivity index (χ4n) is 1.88. The molecule has 0 atom stereocenters. The van der Waals surface area contributed by atoms with Crippen LogP contribution in [-0.4, -0.2) is 0 Å². The maximum absolute atomic E-state index is 8.80. The van der Waals surface area contributed by atoms with Crippen LogP contribution < -0.4 is 5.32 Å². The van der Waals surface area contributed by atoms with Gasteiger partial charge in [0.25, 0.3) is 0 Å². The minimum absolute atomic E-state index is 0.584. The Morgan fingerprint density at radius 1 is 1.16 bits per heavy atom. The molecular formula is C16H15ClN2. The normalized spacial score (nSPS) is 10.0. The number of hydrogen-bond acceptors (Lipinski definition) is 2. The van der Waals surface area contributed by atoms with Gasteiger partial charge >= 0.3 is 0 Å². The van der Waals surface area contributed by atoms with Crippen LogP contribution in [0.15, 0.2) is 36.4 Å². The van der Waals surface area contributed by atoms with Crippen molar-refractivity contribution in [2.45, 2.75) is 20.4 Å². The van der Waals surface area contributed by atoms with Gasteiger partial charge in [0.2, 0.25) is 0 Å². The zero-order valence-electron chi connectivity index (χ0n) is 11.0. The van der Waals surface area contributed by atoms with E-state index in [4.69, 9.17) is 16.9 Å². The Morgan fingerprint density at radius 2 is 1.95 bits per heavy atom. The van der Waals surface area contributed by atoms with Gasteiger partial charge in [0.05, 0.1) is 11.6 Å². The predicted molar refractivity (Wildman–Crippen MR) is 79.4 cm³/mol. The molecule has 0 bridgehead atoms. The van der Waals surface area contributed by atoms with Crippen molar-refractivity contribution in [2.24, 2.45) is 0 Å². The van der Waals surface area contributed by atoms with Crippen LogP contribution in [0.4, 0.5) is 5.69 Å². The first kappa shape index (κ1) is 13.5. The number of hydrogen-bond donors (Lipinski definition) is 1. The molecule has 0 amide bonds. The van der Waals surface area contributed by atoms with E-state index in [0.717, 1.165) is 11.3 Å². The molecule has 1 N–H and O–H groups in total. The van der Waals surface area contributed by atoms with Gasteiger partial charge in [-0.05, 0) is 48.7 Å². The third-order valence-corrected chi connectivity index (χ3v) is 3.40. The molecule has 0 aliphatic carbocycles. The van der Waals surface area contributed by atoms with Crippen molar-refractivity contribution in [1.82, 2.24) is 0 Å². The molecule has 0 radical (unpaired) electrons. The number of halogens is 1. The number of nitrogens with one attached hydrogen (secondary N) is 1. The highest BCUT2D eigenvalue weighted by Gasteiger charge is 2.03. The Balaban J connectivity index is 2.15. The predicted octanol–water partition coefficient (Wildman–Crippen LogP) is 4.44. The zero-order valence-corrected chi connectivity index (χ0v) is 11.8. The van der Waals surface area contributed by atoms with Gasteiger partial charge in [-0.15, -0.1) is 0 Å². The van der Waals surface area contributed by atoms with Crippen molar-refractivity contribution in [3.8, 4) is 6.07 Å². The van der Waals surface area contributed by atoms with Gasteiger partial charge in [0.15, 0.2) is 0 Å². The number of anilines is 1. The second-order valence-corrected chi connectivity index (χ2v) is 5.00. The highest BCUT2D eigenvalue weighted by atomic mass is 35.5. The maximum Gasteiger partial charge on any atom is 0.0992 e. The summed E-state index contributed by atoms with van der Waals surface area (Å²) >= 11 is 6.15. The average Bonchev–Trinajstić information content (AvgIpc) is 2.40. The van der Waals surface area contributed by atoms with Crippen molar-refractivity contribution in [1.29, 1.82) is 5.26 Å². The molecule has 2 aromatic carbocycles. The number of nitriles is 1. The lowest BCUT2D eigenvalue weighted by atomic mass is 10.1. The number of rotatable bonds is 3.